The van der Waals surface area contributed by atoms with E-state index in [-0.39, 0.29) is 0 Å². The molecule has 3 nitrogen and oxygen atoms in total. The summed E-state index contributed by atoms with van der Waals surface area (Å²) in [6.45, 7) is 8.62. The normalized spacial score (nSPS) is 10.9. The van der Waals surface area contributed by atoms with Crippen molar-refractivity contribution in [2.45, 2.75) is 33.6 Å². The molecule has 0 unspecified atom stereocenters. The van der Waals surface area contributed by atoms with Gasteiger partial charge < -0.3 is 10.6 Å². The van der Waals surface area contributed by atoms with Gasteiger partial charge in [-0.05, 0) is 44.0 Å². The molecule has 0 aliphatic heterocycles. The van der Waals surface area contributed by atoms with Crippen LogP contribution in [0.2, 0.25) is 0 Å². The van der Waals surface area contributed by atoms with Crippen LogP contribution in [0.1, 0.15) is 32.4 Å². The van der Waals surface area contributed by atoms with Gasteiger partial charge in [0.1, 0.15) is 0 Å². The lowest BCUT2D eigenvalue weighted by Gasteiger charge is -2.25. The molecule has 0 aliphatic rings. The quantitative estimate of drug-likeness (QED) is 0.829. The van der Waals surface area contributed by atoms with Crippen LogP contribution in [0.3, 0.4) is 0 Å². The van der Waals surface area contributed by atoms with Crippen LogP contribution < -0.4 is 10.6 Å². The molecule has 1 heterocycles. The highest BCUT2D eigenvalue weighted by Gasteiger charge is 2.11. The summed E-state index contributed by atoms with van der Waals surface area (Å²) in [5.41, 5.74) is 10.1. The largest absolute Gasteiger partial charge is 0.399 e. The molecule has 0 saturated carbocycles. The number of nitrogens with zero attached hydrogens (tertiary/aromatic N) is 2. The zero-order chi connectivity index (χ0) is 13.8. The molecule has 2 N–H and O–H groups in total. The van der Waals surface area contributed by atoms with Gasteiger partial charge in [0.15, 0.2) is 0 Å². The number of pyridine rings is 1. The maximum atomic E-state index is 5.93. The number of nitrogens with two attached hydrogens (primary N) is 1. The highest BCUT2D eigenvalue weighted by Crippen LogP contribution is 2.28. The molecule has 102 valence electrons. The number of hydrogen-bond donors (Lipinski definition) is 1. The average molecular weight is 257 g/mol. The van der Waals surface area contributed by atoms with Crippen molar-refractivity contribution in [1.82, 2.24) is 4.98 Å². The Morgan fingerprint density at radius 2 is 1.79 bits per heavy atom. The molecule has 0 fully saturated rings. The molecule has 0 aliphatic carbocycles. The molecule has 0 saturated heterocycles. The van der Waals surface area contributed by atoms with E-state index in [9.17, 15) is 0 Å². The van der Waals surface area contributed by atoms with Crippen molar-refractivity contribution in [3.63, 3.8) is 0 Å². The highest BCUT2D eigenvalue weighted by atomic mass is 15.1. The monoisotopic (exact) mass is 257 g/mol. The van der Waals surface area contributed by atoms with Gasteiger partial charge in [-0.1, -0.05) is 13.8 Å². The van der Waals surface area contributed by atoms with Crippen LogP contribution in [0.4, 0.5) is 11.4 Å². The molecule has 0 atom stereocenters. The Morgan fingerprint density at radius 1 is 1.11 bits per heavy atom. The van der Waals surface area contributed by atoms with Crippen molar-refractivity contribution in [2.24, 2.45) is 0 Å². The Kier molecular flexibility index (Phi) is 4.25. The molecule has 0 amide bonds. The van der Waals surface area contributed by atoms with E-state index in [1.54, 1.807) is 0 Å². The van der Waals surface area contributed by atoms with Gasteiger partial charge in [0.2, 0.25) is 0 Å². The van der Waals surface area contributed by atoms with Gasteiger partial charge in [-0.2, -0.15) is 0 Å². The molecule has 2 aromatic rings. The van der Waals surface area contributed by atoms with Crippen molar-refractivity contribution in [3.05, 3.63) is 30.0 Å². The van der Waals surface area contributed by atoms with E-state index in [4.69, 9.17) is 5.73 Å². The minimum absolute atomic E-state index is 0.798. The zero-order valence-electron chi connectivity index (χ0n) is 12.1. The van der Waals surface area contributed by atoms with E-state index in [0.717, 1.165) is 48.2 Å². The maximum Gasteiger partial charge on any atom is 0.0727 e. The summed E-state index contributed by atoms with van der Waals surface area (Å²) in [6.07, 6.45) is 2.29. The first kappa shape index (κ1) is 13.7. The van der Waals surface area contributed by atoms with Crippen LogP contribution in [0.25, 0.3) is 10.9 Å². The third-order valence-corrected chi connectivity index (χ3v) is 3.27. The van der Waals surface area contributed by atoms with Gasteiger partial charge in [0, 0.05) is 35.5 Å². The fourth-order valence-electron chi connectivity index (χ4n) is 2.51. The second-order valence-corrected chi connectivity index (χ2v) is 5.05. The molecule has 2 rings (SSSR count). The van der Waals surface area contributed by atoms with Crippen LogP contribution >= 0.6 is 0 Å². The van der Waals surface area contributed by atoms with Crippen molar-refractivity contribution < 1.29 is 0 Å². The Hall–Kier alpha value is -1.77. The van der Waals surface area contributed by atoms with Gasteiger partial charge in [0.25, 0.3) is 0 Å². The number of benzene rings is 1. The van der Waals surface area contributed by atoms with Crippen molar-refractivity contribution >= 4 is 22.3 Å². The molecule has 3 heteroatoms. The lowest BCUT2D eigenvalue weighted by Crippen LogP contribution is -2.25. The summed E-state index contributed by atoms with van der Waals surface area (Å²) in [5.74, 6) is 0. The van der Waals surface area contributed by atoms with E-state index in [1.807, 2.05) is 18.2 Å². The molecule has 0 bridgehead atoms. The zero-order valence-corrected chi connectivity index (χ0v) is 12.1. The van der Waals surface area contributed by atoms with Crippen LogP contribution in [0, 0.1) is 6.92 Å². The van der Waals surface area contributed by atoms with Crippen LogP contribution in [0.15, 0.2) is 24.3 Å². The Labute approximate surface area is 115 Å². The first-order valence-electron chi connectivity index (χ1n) is 7.07. The van der Waals surface area contributed by atoms with Crippen molar-refractivity contribution in [3.8, 4) is 0 Å². The molecule has 0 spiro atoms. The number of nitrogen functional groups attached to an aromatic ring is 1. The van der Waals surface area contributed by atoms with Gasteiger partial charge in [0.05, 0.1) is 5.52 Å². The van der Waals surface area contributed by atoms with Crippen molar-refractivity contribution in [1.29, 1.82) is 0 Å². The number of hydrogen-bond acceptors (Lipinski definition) is 3. The third-order valence-electron chi connectivity index (χ3n) is 3.27. The molecule has 0 radical (unpaired) electrons. The first-order chi connectivity index (χ1) is 9.15. The SMILES string of the molecule is CCCN(CCC)c1cc(C)nc2ccc(N)cc12. The standard InChI is InChI=1S/C16H23N3/c1-4-8-19(9-5-2)16-10-12(3)18-15-7-6-13(17)11-14(15)16/h6-7,10-11H,4-5,8-9,17H2,1-3H3. The third kappa shape index (κ3) is 2.98. The predicted molar refractivity (Wildman–Crippen MR) is 83.7 cm³/mol. The second-order valence-electron chi connectivity index (χ2n) is 5.05. The van der Waals surface area contributed by atoms with E-state index in [0.29, 0.717) is 0 Å². The van der Waals surface area contributed by atoms with Crippen LogP contribution in [0.5, 0.6) is 0 Å². The summed E-state index contributed by atoms with van der Waals surface area (Å²) in [5, 5.41) is 1.16. The second kappa shape index (κ2) is 5.91. The van der Waals surface area contributed by atoms with E-state index < -0.39 is 0 Å². The topological polar surface area (TPSA) is 42.2 Å². The smallest absolute Gasteiger partial charge is 0.0727 e. The first-order valence-corrected chi connectivity index (χ1v) is 7.07. The number of aromatic nitrogens is 1. The van der Waals surface area contributed by atoms with E-state index in [2.05, 4.69) is 36.7 Å². The summed E-state index contributed by atoms with van der Waals surface area (Å²) in [6, 6.07) is 8.14. The van der Waals surface area contributed by atoms with Gasteiger partial charge in [-0.15, -0.1) is 0 Å². The number of aryl methyl sites for hydroxylation is 1. The van der Waals surface area contributed by atoms with E-state index >= 15 is 0 Å². The summed E-state index contributed by atoms with van der Waals surface area (Å²) in [7, 11) is 0. The fraction of sp³-hybridized carbons (Fsp3) is 0.438. The Balaban J connectivity index is 2.58. The minimum atomic E-state index is 0.798. The summed E-state index contributed by atoms with van der Waals surface area (Å²) in [4.78, 5) is 7.04. The average Bonchev–Trinajstić information content (AvgIpc) is 2.38. The molecular weight excluding hydrogens is 234 g/mol. The minimum Gasteiger partial charge on any atom is -0.399 e. The highest BCUT2D eigenvalue weighted by molar-refractivity contribution is 5.94. The lowest BCUT2D eigenvalue weighted by atomic mass is 10.1. The maximum absolute atomic E-state index is 5.93. The van der Waals surface area contributed by atoms with Crippen LogP contribution in [-0.4, -0.2) is 18.1 Å². The summed E-state index contributed by atoms with van der Waals surface area (Å²) < 4.78 is 0. The summed E-state index contributed by atoms with van der Waals surface area (Å²) >= 11 is 0. The lowest BCUT2D eigenvalue weighted by molar-refractivity contribution is 0.746. The molecule has 1 aromatic heterocycles. The Bertz CT molecular complexity index is 557. The Morgan fingerprint density at radius 3 is 2.42 bits per heavy atom. The van der Waals surface area contributed by atoms with E-state index in [1.165, 1.54) is 5.69 Å². The molecule has 1 aromatic carbocycles. The number of anilines is 2. The number of rotatable bonds is 5. The predicted octanol–water partition coefficient (Wildman–Crippen LogP) is 3.75. The molecule has 19 heavy (non-hydrogen) atoms. The van der Waals surface area contributed by atoms with Gasteiger partial charge in [-0.25, -0.2) is 0 Å². The fourth-order valence-corrected chi connectivity index (χ4v) is 2.51. The van der Waals surface area contributed by atoms with Crippen molar-refractivity contribution in [2.75, 3.05) is 23.7 Å². The molecular formula is C16H23N3. The number of fused-ring (bicyclic) bond motifs is 1. The van der Waals surface area contributed by atoms with Gasteiger partial charge in [-0.3, -0.25) is 4.98 Å². The van der Waals surface area contributed by atoms with Crippen LogP contribution in [-0.2, 0) is 0 Å². The van der Waals surface area contributed by atoms with Gasteiger partial charge >= 0.3 is 0 Å².